The number of fused-ring (bicyclic) bond motifs is 1. The highest BCUT2D eigenvalue weighted by Gasteiger charge is 2.21. The van der Waals surface area contributed by atoms with Crippen LogP contribution in [-0.2, 0) is 7.05 Å². The molecule has 0 unspecified atom stereocenters. The second-order valence-electron chi connectivity index (χ2n) is 8.38. The molecule has 0 saturated carbocycles. The maximum absolute atomic E-state index is 14.1. The first kappa shape index (κ1) is 22.8. The number of aromatic carboxylic acids is 1. The van der Waals surface area contributed by atoms with Crippen molar-refractivity contribution in [1.82, 2.24) is 24.3 Å². The van der Waals surface area contributed by atoms with Gasteiger partial charge in [0.1, 0.15) is 11.4 Å². The molecule has 0 saturated heterocycles. The molecule has 0 amide bonds. The highest BCUT2D eigenvalue weighted by atomic mass is 16.4. The summed E-state index contributed by atoms with van der Waals surface area (Å²) in [4.78, 5) is 33.7. The number of pyridine rings is 1. The molecule has 4 N–H and O–H groups in total. The average molecular weight is 482 g/mol. The van der Waals surface area contributed by atoms with Crippen molar-refractivity contribution in [2.24, 2.45) is 7.05 Å². The van der Waals surface area contributed by atoms with Crippen molar-refractivity contribution in [1.29, 1.82) is 0 Å². The Balaban J connectivity index is 1.74. The van der Waals surface area contributed by atoms with Gasteiger partial charge in [-0.15, -0.1) is 0 Å². The Bertz CT molecular complexity index is 1660. The molecule has 5 aromatic rings. The van der Waals surface area contributed by atoms with Crippen molar-refractivity contribution in [3.63, 3.8) is 0 Å². The molecule has 1 atom stereocenters. The van der Waals surface area contributed by atoms with Crippen LogP contribution >= 0.6 is 0 Å². The summed E-state index contributed by atoms with van der Waals surface area (Å²) in [6, 6.07) is 16.4. The van der Waals surface area contributed by atoms with Gasteiger partial charge < -0.3 is 16.2 Å². The minimum atomic E-state index is -1.19. The third-order valence-electron chi connectivity index (χ3n) is 5.94. The number of carboxylic acids is 1. The molecular weight excluding hydrogens is 458 g/mol. The number of nitrogens with one attached hydrogen (secondary N) is 1. The zero-order chi connectivity index (χ0) is 25.4. The fourth-order valence-corrected chi connectivity index (χ4v) is 4.29. The molecule has 0 aliphatic heterocycles. The fraction of sp³-hybridized carbons (Fsp3) is 0.115. The zero-order valence-electron chi connectivity index (χ0n) is 19.6. The van der Waals surface area contributed by atoms with Crippen LogP contribution in [0.4, 0.5) is 11.8 Å². The van der Waals surface area contributed by atoms with Crippen molar-refractivity contribution < 1.29 is 9.90 Å². The van der Waals surface area contributed by atoms with Crippen LogP contribution in [0.5, 0.6) is 0 Å². The molecule has 3 heterocycles. The van der Waals surface area contributed by atoms with E-state index in [2.05, 4.69) is 20.4 Å². The Morgan fingerprint density at radius 2 is 1.89 bits per heavy atom. The van der Waals surface area contributed by atoms with E-state index >= 15 is 0 Å². The predicted octanol–water partition coefficient (Wildman–Crippen LogP) is 3.63. The number of carboxylic acid groups (broad SMARTS) is 1. The van der Waals surface area contributed by atoms with Crippen LogP contribution in [0.2, 0.25) is 0 Å². The lowest BCUT2D eigenvalue weighted by Crippen LogP contribution is -2.26. The average Bonchev–Trinajstić information content (AvgIpc) is 3.30. The minimum Gasteiger partial charge on any atom is -0.477 e. The van der Waals surface area contributed by atoms with Crippen molar-refractivity contribution in [2.75, 3.05) is 11.1 Å². The van der Waals surface area contributed by atoms with Crippen molar-refractivity contribution in [3.8, 4) is 16.8 Å². The number of anilines is 2. The molecular formula is C26H23N7O3. The third-order valence-corrected chi connectivity index (χ3v) is 5.94. The second kappa shape index (κ2) is 8.99. The number of rotatable bonds is 6. The molecule has 0 radical (unpaired) electrons. The Morgan fingerprint density at radius 3 is 2.58 bits per heavy atom. The van der Waals surface area contributed by atoms with Gasteiger partial charge in [-0.2, -0.15) is 10.1 Å². The highest BCUT2D eigenvalue weighted by Crippen LogP contribution is 2.30. The van der Waals surface area contributed by atoms with E-state index in [4.69, 9.17) is 5.73 Å². The number of nitrogen functional groups attached to an aromatic ring is 1. The monoisotopic (exact) mass is 481 g/mol. The lowest BCUT2D eigenvalue weighted by molar-refractivity contribution is 0.0697. The van der Waals surface area contributed by atoms with Crippen LogP contribution < -0.4 is 16.6 Å². The summed E-state index contributed by atoms with van der Waals surface area (Å²) in [5.41, 5.74) is 8.30. The van der Waals surface area contributed by atoms with Gasteiger partial charge in [0.25, 0.3) is 5.56 Å². The smallest absolute Gasteiger partial charge is 0.341 e. The van der Waals surface area contributed by atoms with E-state index in [0.29, 0.717) is 16.8 Å². The van der Waals surface area contributed by atoms with Crippen molar-refractivity contribution in [2.45, 2.75) is 13.0 Å². The number of nitrogens with zero attached hydrogens (tertiary/aromatic N) is 5. The van der Waals surface area contributed by atoms with Gasteiger partial charge in [0.05, 0.1) is 17.6 Å². The van der Waals surface area contributed by atoms with Crippen LogP contribution in [0.1, 0.15) is 29.0 Å². The Kier molecular flexibility index (Phi) is 5.69. The molecule has 0 aliphatic rings. The van der Waals surface area contributed by atoms with Crippen LogP contribution in [0.3, 0.4) is 0 Å². The molecule has 0 spiro atoms. The molecule has 180 valence electrons. The number of carbonyl (C=O) groups is 1. The maximum atomic E-state index is 14.1. The predicted molar refractivity (Wildman–Crippen MR) is 137 cm³/mol. The summed E-state index contributed by atoms with van der Waals surface area (Å²) in [5, 5.41) is 18.3. The summed E-state index contributed by atoms with van der Waals surface area (Å²) >= 11 is 0. The largest absolute Gasteiger partial charge is 0.477 e. The van der Waals surface area contributed by atoms with Gasteiger partial charge in [-0.25, -0.2) is 9.78 Å². The number of aryl methyl sites for hydroxylation is 1. The molecule has 0 fully saturated rings. The van der Waals surface area contributed by atoms with Crippen LogP contribution in [0, 0.1) is 0 Å². The Hall–Kier alpha value is -4.99. The molecule has 5 rings (SSSR count). The lowest BCUT2D eigenvalue weighted by atomic mass is 9.99. The Morgan fingerprint density at radius 1 is 1.11 bits per heavy atom. The molecule has 2 aromatic carbocycles. The molecule has 0 aliphatic carbocycles. The second-order valence-corrected chi connectivity index (χ2v) is 8.38. The first-order valence-electron chi connectivity index (χ1n) is 11.2. The number of hydrogen-bond donors (Lipinski definition) is 3. The SMILES string of the molecule is C[C@H](Nc1nc(N)ncc1C(=O)O)c1cc2cccc(-c3cnn(C)c3)c2c(=O)n1-c1ccccc1. The van der Waals surface area contributed by atoms with E-state index in [1.165, 1.54) is 0 Å². The highest BCUT2D eigenvalue weighted by molar-refractivity contribution is 5.96. The summed E-state index contributed by atoms with van der Waals surface area (Å²) in [5.74, 6) is -1.18. The van der Waals surface area contributed by atoms with Gasteiger partial charge >= 0.3 is 5.97 Å². The van der Waals surface area contributed by atoms with Gasteiger partial charge in [0.15, 0.2) is 0 Å². The minimum absolute atomic E-state index is 0.0604. The van der Waals surface area contributed by atoms with Crippen molar-refractivity contribution >= 4 is 28.5 Å². The summed E-state index contributed by atoms with van der Waals surface area (Å²) < 4.78 is 3.32. The molecule has 36 heavy (non-hydrogen) atoms. The number of benzene rings is 2. The topological polar surface area (TPSA) is 141 Å². The lowest BCUT2D eigenvalue weighted by Gasteiger charge is -2.22. The van der Waals surface area contributed by atoms with Crippen molar-refractivity contribution in [3.05, 3.63) is 94.8 Å². The summed E-state index contributed by atoms with van der Waals surface area (Å²) in [6.07, 6.45) is 4.75. The standard InChI is InChI=1S/C26H23N7O3/c1-15(30-23-20(25(35)36)13-28-26(27)31-23)21-11-16-7-6-10-19(17-12-29-32(2)14-17)22(16)24(34)33(21)18-8-4-3-5-9-18/h3-15H,1-2H3,(H,35,36)(H3,27,28,30,31)/t15-/m0/s1. The van der Waals surface area contributed by atoms with Gasteiger partial charge in [-0.05, 0) is 36.1 Å². The summed E-state index contributed by atoms with van der Waals surface area (Å²) in [7, 11) is 1.83. The number of aromatic nitrogens is 5. The number of hydrogen-bond acceptors (Lipinski definition) is 7. The first-order chi connectivity index (χ1) is 17.3. The number of para-hydroxylation sites is 1. The zero-order valence-corrected chi connectivity index (χ0v) is 19.6. The van der Waals surface area contributed by atoms with E-state index in [-0.39, 0.29) is 22.9 Å². The Labute approximate surface area is 205 Å². The van der Waals surface area contributed by atoms with E-state index in [1.807, 2.05) is 74.8 Å². The van der Waals surface area contributed by atoms with Crippen LogP contribution in [-0.4, -0.2) is 35.4 Å². The van der Waals surface area contributed by atoms with Gasteiger partial charge in [-0.1, -0.05) is 36.4 Å². The molecule has 10 heteroatoms. The van der Waals surface area contributed by atoms with Gasteiger partial charge in [-0.3, -0.25) is 14.0 Å². The normalized spacial score (nSPS) is 11.9. The van der Waals surface area contributed by atoms with E-state index in [9.17, 15) is 14.7 Å². The quantitative estimate of drug-likeness (QED) is 0.334. The van der Waals surface area contributed by atoms with E-state index in [1.54, 1.807) is 15.4 Å². The van der Waals surface area contributed by atoms with E-state index in [0.717, 1.165) is 22.7 Å². The first-order valence-corrected chi connectivity index (χ1v) is 11.2. The molecule has 10 nitrogen and oxygen atoms in total. The van der Waals surface area contributed by atoms with Gasteiger partial charge in [0.2, 0.25) is 5.95 Å². The number of nitrogens with two attached hydrogens (primary N) is 1. The maximum Gasteiger partial charge on any atom is 0.341 e. The molecule has 0 bridgehead atoms. The van der Waals surface area contributed by atoms with Gasteiger partial charge in [0, 0.05) is 36.4 Å². The summed E-state index contributed by atoms with van der Waals surface area (Å²) in [6.45, 7) is 1.83. The third kappa shape index (κ3) is 4.05. The fourth-order valence-electron chi connectivity index (χ4n) is 4.29. The molecule has 3 aromatic heterocycles. The van der Waals surface area contributed by atoms with E-state index < -0.39 is 12.0 Å². The van der Waals surface area contributed by atoms with Crippen LogP contribution in [0.25, 0.3) is 27.6 Å². The van der Waals surface area contributed by atoms with Crippen LogP contribution in [0.15, 0.2) is 78.0 Å².